The van der Waals surface area contributed by atoms with Crippen LogP contribution in [0.2, 0.25) is 0 Å². The van der Waals surface area contributed by atoms with Crippen LogP contribution in [-0.4, -0.2) is 47.6 Å². The molecular formula is C20H21N3O4. The highest BCUT2D eigenvalue weighted by Crippen LogP contribution is 2.28. The summed E-state index contributed by atoms with van der Waals surface area (Å²) in [7, 11) is 0. The summed E-state index contributed by atoms with van der Waals surface area (Å²) in [4.78, 5) is 3.03. The molecule has 0 aliphatic carbocycles. The van der Waals surface area contributed by atoms with E-state index in [0.29, 0.717) is 36.8 Å². The van der Waals surface area contributed by atoms with E-state index < -0.39 is 6.10 Å². The molecule has 1 unspecified atom stereocenters. The van der Waals surface area contributed by atoms with Crippen molar-refractivity contribution in [1.29, 1.82) is 5.26 Å². The van der Waals surface area contributed by atoms with Crippen LogP contribution in [0.25, 0.3) is 10.9 Å². The number of aromatic amines is 1. The van der Waals surface area contributed by atoms with Crippen LogP contribution < -0.4 is 14.8 Å². The van der Waals surface area contributed by atoms with Crippen molar-refractivity contribution in [2.45, 2.75) is 6.10 Å². The summed E-state index contributed by atoms with van der Waals surface area (Å²) in [5, 5.41) is 32.3. The Morgan fingerprint density at radius 3 is 2.74 bits per heavy atom. The first-order chi connectivity index (χ1) is 13.2. The number of aliphatic hydroxyl groups excluding tert-OH is 1. The number of nitrogens with one attached hydrogen (secondary N) is 2. The number of nitrogens with zero attached hydrogens (tertiary/aromatic N) is 1. The number of phenolic OH excluding ortho intramolecular Hbond substituents is 1. The van der Waals surface area contributed by atoms with Crippen molar-refractivity contribution >= 4 is 10.9 Å². The van der Waals surface area contributed by atoms with Gasteiger partial charge in [-0.25, -0.2) is 0 Å². The van der Waals surface area contributed by atoms with E-state index in [1.165, 1.54) is 0 Å². The van der Waals surface area contributed by atoms with E-state index in [9.17, 15) is 15.5 Å². The van der Waals surface area contributed by atoms with E-state index in [0.717, 1.165) is 10.9 Å². The highest BCUT2D eigenvalue weighted by atomic mass is 16.5. The second-order valence-electron chi connectivity index (χ2n) is 6.00. The van der Waals surface area contributed by atoms with E-state index in [2.05, 4.69) is 16.4 Å². The molecule has 0 aliphatic rings. The molecule has 2 aromatic carbocycles. The highest BCUT2D eigenvalue weighted by molar-refractivity contribution is 5.91. The topological polar surface area (TPSA) is 111 Å². The number of aromatic hydroxyl groups is 1. The minimum atomic E-state index is -0.696. The molecule has 0 fully saturated rings. The van der Waals surface area contributed by atoms with Crippen LogP contribution in [-0.2, 0) is 0 Å². The fourth-order valence-electron chi connectivity index (χ4n) is 2.66. The molecule has 7 nitrogen and oxygen atoms in total. The van der Waals surface area contributed by atoms with Crippen molar-refractivity contribution < 1.29 is 19.7 Å². The molecule has 1 heterocycles. The molecule has 3 rings (SSSR count). The maximum absolute atomic E-state index is 10.1. The Bertz CT molecular complexity index is 915. The lowest BCUT2D eigenvalue weighted by Gasteiger charge is -2.14. The summed E-state index contributed by atoms with van der Waals surface area (Å²) >= 11 is 0. The van der Waals surface area contributed by atoms with Crippen LogP contribution in [0.3, 0.4) is 0 Å². The number of rotatable bonds is 9. The molecule has 0 amide bonds. The number of aliphatic hydroxyl groups is 1. The van der Waals surface area contributed by atoms with Gasteiger partial charge in [-0.1, -0.05) is 6.07 Å². The average molecular weight is 367 g/mol. The van der Waals surface area contributed by atoms with Crippen molar-refractivity contribution in [1.82, 2.24) is 10.3 Å². The van der Waals surface area contributed by atoms with Gasteiger partial charge in [-0.15, -0.1) is 0 Å². The van der Waals surface area contributed by atoms with E-state index in [4.69, 9.17) is 9.47 Å². The Morgan fingerprint density at radius 1 is 1.15 bits per heavy atom. The molecule has 0 spiro atoms. The van der Waals surface area contributed by atoms with Gasteiger partial charge in [-0.3, -0.25) is 0 Å². The standard InChI is InChI=1S/C20H21N3O4/c21-10-14-11-23-18-2-1-3-19(20(14)18)27-13-16(25)12-22-8-9-26-17-6-4-15(24)5-7-17/h1-7,11,16,22-25H,8-9,12-13H2. The number of H-pyrrole nitrogens is 1. The predicted molar refractivity (Wildman–Crippen MR) is 101 cm³/mol. The summed E-state index contributed by atoms with van der Waals surface area (Å²) in [6, 6.07) is 14.1. The van der Waals surface area contributed by atoms with E-state index in [-0.39, 0.29) is 12.4 Å². The fourth-order valence-corrected chi connectivity index (χ4v) is 2.66. The number of nitriles is 1. The number of hydrogen-bond acceptors (Lipinski definition) is 6. The highest BCUT2D eigenvalue weighted by Gasteiger charge is 2.11. The largest absolute Gasteiger partial charge is 0.508 e. The number of ether oxygens (including phenoxy) is 2. The first-order valence-corrected chi connectivity index (χ1v) is 8.61. The molecule has 0 saturated carbocycles. The molecule has 0 saturated heterocycles. The Balaban J connectivity index is 1.40. The van der Waals surface area contributed by atoms with Crippen LogP contribution in [0.5, 0.6) is 17.2 Å². The van der Waals surface area contributed by atoms with E-state index in [1.807, 2.05) is 12.1 Å². The van der Waals surface area contributed by atoms with Gasteiger partial charge in [0, 0.05) is 19.3 Å². The zero-order chi connectivity index (χ0) is 19.1. The van der Waals surface area contributed by atoms with Gasteiger partial charge in [-0.05, 0) is 36.4 Å². The normalized spacial score (nSPS) is 11.9. The molecule has 0 aliphatic heterocycles. The smallest absolute Gasteiger partial charge is 0.130 e. The van der Waals surface area contributed by atoms with Crippen molar-refractivity contribution in [2.75, 3.05) is 26.3 Å². The summed E-state index contributed by atoms with van der Waals surface area (Å²) in [5.74, 6) is 1.44. The van der Waals surface area contributed by atoms with Gasteiger partial charge < -0.3 is 30.0 Å². The number of aromatic nitrogens is 1. The molecule has 0 radical (unpaired) electrons. The molecule has 3 aromatic rings. The van der Waals surface area contributed by atoms with Crippen LogP contribution in [0.15, 0.2) is 48.7 Å². The molecule has 4 N–H and O–H groups in total. The van der Waals surface area contributed by atoms with Crippen LogP contribution in [0.4, 0.5) is 0 Å². The minimum absolute atomic E-state index is 0.112. The summed E-state index contributed by atoms with van der Waals surface area (Å²) in [6.07, 6.45) is 0.947. The van der Waals surface area contributed by atoms with Crippen LogP contribution >= 0.6 is 0 Å². The quantitative estimate of drug-likeness (QED) is 0.431. The average Bonchev–Trinajstić information content (AvgIpc) is 3.11. The third kappa shape index (κ3) is 4.91. The van der Waals surface area contributed by atoms with Crippen LogP contribution in [0, 0.1) is 11.3 Å². The molecule has 1 aromatic heterocycles. The van der Waals surface area contributed by atoms with Crippen molar-refractivity contribution in [3.05, 3.63) is 54.2 Å². The Hall–Kier alpha value is -3.21. The van der Waals surface area contributed by atoms with Crippen molar-refractivity contribution in [2.24, 2.45) is 0 Å². The number of benzene rings is 2. The SMILES string of the molecule is N#Cc1c[nH]c2cccc(OCC(O)CNCCOc3ccc(O)cc3)c12. The van der Waals surface area contributed by atoms with Gasteiger partial charge in [0.2, 0.25) is 0 Å². The minimum Gasteiger partial charge on any atom is -0.508 e. The Labute approximate surface area is 156 Å². The zero-order valence-electron chi connectivity index (χ0n) is 14.7. The lowest BCUT2D eigenvalue weighted by atomic mass is 10.1. The van der Waals surface area contributed by atoms with Gasteiger partial charge in [0.25, 0.3) is 0 Å². The summed E-state index contributed by atoms with van der Waals surface area (Å²) < 4.78 is 11.2. The number of fused-ring (bicyclic) bond motifs is 1. The Morgan fingerprint density at radius 2 is 1.96 bits per heavy atom. The van der Waals surface area contributed by atoms with Gasteiger partial charge in [0.1, 0.15) is 42.6 Å². The van der Waals surface area contributed by atoms with Gasteiger partial charge >= 0.3 is 0 Å². The van der Waals surface area contributed by atoms with Crippen LogP contribution in [0.1, 0.15) is 5.56 Å². The lowest BCUT2D eigenvalue weighted by Crippen LogP contribution is -2.33. The predicted octanol–water partition coefficient (Wildman–Crippen LogP) is 2.15. The molecule has 7 heteroatoms. The second kappa shape index (κ2) is 8.94. The van der Waals surface area contributed by atoms with E-state index >= 15 is 0 Å². The maximum Gasteiger partial charge on any atom is 0.130 e. The van der Waals surface area contributed by atoms with Crippen molar-refractivity contribution in [3.8, 4) is 23.3 Å². The lowest BCUT2D eigenvalue weighted by molar-refractivity contribution is 0.106. The van der Waals surface area contributed by atoms with Crippen molar-refractivity contribution in [3.63, 3.8) is 0 Å². The first-order valence-electron chi connectivity index (χ1n) is 8.61. The van der Waals surface area contributed by atoms with Gasteiger partial charge in [-0.2, -0.15) is 5.26 Å². The fraction of sp³-hybridized carbons (Fsp3) is 0.250. The molecule has 27 heavy (non-hydrogen) atoms. The first kappa shape index (κ1) is 18.6. The summed E-state index contributed by atoms with van der Waals surface area (Å²) in [6.45, 7) is 1.46. The third-order valence-corrected chi connectivity index (χ3v) is 3.98. The molecular weight excluding hydrogens is 346 g/mol. The molecule has 0 bridgehead atoms. The third-order valence-electron chi connectivity index (χ3n) is 3.98. The Kier molecular flexibility index (Phi) is 6.15. The number of hydrogen-bond donors (Lipinski definition) is 4. The van der Waals surface area contributed by atoms with Gasteiger partial charge in [0.15, 0.2) is 0 Å². The molecule has 1 atom stereocenters. The van der Waals surface area contributed by atoms with E-state index in [1.54, 1.807) is 36.5 Å². The number of phenols is 1. The summed E-state index contributed by atoms with van der Waals surface area (Å²) in [5.41, 5.74) is 1.34. The maximum atomic E-state index is 10.1. The zero-order valence-corrected chi connectivity index (χ0v) is 14.7. The monoisotopic (exact) mass is 367 g/mol. The van der Waals surface area contributed by atoms with Gasteiger partial charge in [0.05, 0.1) is 16.5 Å². The molecule has 140 valence electrons. The second-order valence-corrected chi connectivity index (χ2v) is 6.00.